The number of benzene rings is 1. The smallest absolute Gasteiger partial charge is 0.200 e. The highest BCUT2D eigenvalue weighted by Gasteiger charge is 2.20. The Morgan fingerprint density at radius 1 is 1.00 bits per heavy atom. The van der Waals surface area contributed by atoms with Gasteiger partial charge in [0.25, 0.3) is 0 Å². The lowest BCUT2D eigenvalue weighted by Crippen LogP contribution is -2.30. The molecule has 1 aromatic carbocycles. The molecule has 0 radical (unpaired) electrons. The molecule has 0 unspecified atom stereocenters. The van der Waals surface area contributed by atoms with E-state index in [2.05, 4.69) is 66.5 Å². The first-order valence-corrected chi connectivity index (χ1v) is 8.29. The Balaban J connectivity index is 2.17. The summed E-state index contributed by atoms with van der Waals surface area (Å²) in [5.74, 6) is 0. The maximum atomic E-state index is 2.24. The fraction of sp³-hybridized carbons (Fsp3) is 0.118. The average Bonchev–Trinajstić information content (AvgIpc) is 3.00. The van der Waals surface area contributed by atoms with Crippen molar-refractivity contribution in [2.24, 2.45) is 7.05 Å². The highest BCUT2D eigenvalue weighted by molar-refractivity contribution is 7.41. The van der Waals surface area contributed by atoms with E-state index in [0.29, 0.717) is 0 Å². The first kappa shape index (κ1) is 12.1. The fourth-order valence-corrected chi connectivity index (χ4v) is 5.11. The van der Waals surface area contributed by atoms with Crippen molar-refractivity contribution in [1.82, 2.24) is 0 Å². The van der Waals surface area contributed by atoms with E-state index in [1.807, 2.05) is 22.7 Å². The number of rotatable bonds is 1. The van der Waals surface area contributed by atoms with Crippen LogP contribution in [0.4, 0.5) is 0 Å². The number of aryl methyl sites for hydroxylation is 2. The molecule has 0 aliphatic carbocycles. The van der Waals surface area contributed by atoms with Gasteiger partial charge in [0.05, 0.1) is 9.58 Å². The second-order valence-electron chi connectivity index (χ2n) is 5.06. The average molecular weight is 296 g/mol. The first-order valence-electron chi connectivity index (χ1n) is 6.60. The molecular weight excluding hydrogens is 282 g/mol. The van der Waals surface area contributed by atoms with Crippen molar-refractivity contribution >= 4 is 42.2 Å². The second kappa shape index (κ2) is 4.40. The summed E-state index contributed by atoms with van der Waals surface area (Å²) in [6.07, 6.45) is 2.17. The Bertz CT molecular complexity index is 931. The number of nitrogens with zero attached hydrogens (tertiary/aromatic N) is 1. The Morgan fingerprint density at radius 3 is 2.70 bits per heavy atom. The third kappa shape index (κ3) is 1.63. The van der Waals surface area contributed by atoms with Gasteiger partial charge in [-0.25, -0.2) is 0 Å². The van der Waals surface area contributed by atoms with Crippen LogP contribution in [0.5, 0.6) is 0 Å². The molecule has 0 aliphatic rings. The zero-order chi connectivity index (χ0) is 13.7. The Kier molecular flexibility index (Phi) is 2.65. The molecule has 0 fully saturated rings. The maximum absolute atomic E-state index is 2.24. The van der Waals surface area contributed by atoms with Gasteiger partial charge in [-0.15, -0.1) is 22.7 Å². The Labute approximate surface area is 125 Å². The molecule has 3 aromatic heterocycles. The quantitative estimate of drug-likeness (QED) is 0.439. The van der Waals surface area contributed by atoms with Gasteiger partial charge in [-0.2, -0.15) is 4.57 Å². The van der Waals surface area contributed by atoms with Crippen LogP contribution in [0.15, 0.2) is 48.0 Å². The van der Waals surface area contributed by atoms with E-state index in [1.165, 1.54) is 36.3 Å². The summed E-state index contributed by atoms with van der Waals surface area (Å²) in [6.45, 7) is 2.18. The topological polar surface area (TPSA) is 3.88 Å². The number of aromatic nitrogens is 1. The molecule has 20 heavy (non-hydrogen) atoms. The first-order chi connectivity index (χ1) is 9.75. The van der Waals surface area contributed by atoms with Crippen molar-refractivity contribution in [3.63, 3.8) is 0 Å². The largest absolute Gasteiger partial charge is 0.230 e. The molecule has 0 aliphatic heterocycles. The molecule has 0 spiro atoms. The number of hydrogen-bond donors (Lipinski definition) is 0. The summed E-state index contributed by atoms with van der Waals surface area (Å²) in [6, 6.07) is 13.1. The van der Waals surface area contributed by atoms with Crippen molar-refractivity contribution in [3.05, 3.63) is 53.5 Å². The SMILES string of the molecule is Cc1ccccc1-c1c2sc3sccc3c2cc[n+]1C. The van der Waals surface area contributed by atoms with Crippen LogP contribution in [-0.4, -0.2) is 0 Å². The molecule has 0 atom stereocenters. The van der Waals surface area contributed by atoms with E-state index >= 15 is 0 Å². The highest BCUT2D eigenvalue weighted by Crippen LogP contribution is 2.40. The van der Waals surface area contributed by atoms with Gasteiger partial charge >= 0.3 is 0 Å². The second-order valence-corrected chi connectivity index (χ2v) is 7.25. The molecule has 4 aromatic rings. The molecule has 0 N–H and O–H groups in total. The number of hydrogen-bond acceptors (Lipinski definition) is 2. The number of pyridine rings is 1. The summed E-state index contributed by atoms with van der Waals surface area (Å²) in [5.41, 5.74) is 3.98. The minimum absolute atomic E-state index is 1.33. The van der Waals surface area contributed by atoms with E-state index in [4.69, 9.17) is 0 Å². The summed E-state index contributed by atoms with van der Waals surface area (Å²) in [7, 11) is 2.13. The van der Waals surface area contributed by atoms with Crippen LogP contribution in [0.2, 0.25) is 0 Å². The molecule has 4 rings (SSSR count). The van der Waals surface area contributed by atoms with Crippen molar-refractivity contribution in [2.75, 3.05) is 0 Å². The van der Waals surface area contributed by atoms with Crippen molar-refractivity contribution < 1.29 is 4.57 Å². The summed E-state index contributed by atoms with van der Waals surface area (Å²) >= 11 is 3.75. The Hall–Kier alpha value is -1.71. The summed E-state index contributed by atoms with van der Waals surface area (Å²) in [4.78, 5) is 0. The minimum Gasteiger partial charge on any atom is -0.200 e. The lowest BCUT2D eigenvalue weighted by Gasteiger charge is -2.05. The van der Waals surface area contributed by atoms with Crippen molar-refractivity contribution in [2.45, 2.75) is 6.92 Å². The van der Waals surface area contributed by atoms with E-state index in [1.54, 1.807) is 0 Å². The van der Waals surface area contributed by atoms with Crippen molar-refractivity contribution in [1.29, 1.82) is 0 Å². The van der Waals surface area contributed by atoms with E-state index in [0.717, 1.165) is 0 Å². The predicted molar refractivity (Wildman–Crippen MR) is 88.6 cm³/mol. The van der Waals surface area contributed by atoms with Gasteiger partial charge < -0.3 is 0 Å². The van der Waals surface area contributed by atoms with Gasteiger partial charge in [-0.1, -0.05) is 18.2 Å². The van der Waals surface area contributed by atoms with Gasteiger partial charge in [0.1, 0.15) is 11.7 Å². The van der Waals surface area contributed by atoms with Gasteiger partial charge in [0.15, 0.2) is 6.20 Å². The highest BCUT2D eigenvalue weighted by atomic mass is 32.2. The predicted octanol–water partition coefficient (Wildman–Crippen LogP) is 4.92. The van der Waals surface area contributed by atoms with Crippen LogP contribution in [0, 0.1) is 6.92 Å². The lowest BCUT2D eigenvalue weighted by atomic mass is 10.0. The summed E-state index contributed by atoms with van der Waals surface area (Å²) < 4.78 is 5.05. The molecule has 3 heteroatoms. The van der Waals surface area contributed by atoms with Crippen LogP contribution < -0.4 is 4.57 Å². The zero-order valence-corrected chi connectivity index (χ0v) is 13.0. The summed E-state index contributed by atoms with van der Waals surface area (Å²) in [5, 5.41) is 4.95. The zero-order valence-electron chi connectivity index (χ0n) is 11.4. The van der Waals surface area contributed by atoms with Crippen LogP contribution in [-0.2, 0) is 7.05 Å². The Morgan fingerprint density at radius 2 is 1.85 bits per heavy atom. The third-order valence-corrected chi connectivity index (χ3v) is 6.06. The van der Waals surface area contributed by atoms with E-state index in [9.17, 15) is 0 Å². The standard InChI is InChI=1S/C17H14NS2/c1-11-5-3-4-6-12(11)15-16-13(7-9-18(15)2)14-8-10-19-17(14)20-16/h3-10H,1-2H3/q+1. The molecule has 3 heterocycles. The molecule has 0 saturated heterocycles. The number of fused-ring (bicyclic) bond motifs is 3. The van der Waals surface area contributed by atoms with E-state index < -0.39 is 0 Å². The van der Waals surface area contributed by atoms with Gasteiger partial charge in [0.2, 0.25) is 5.69 Å². The normalized spacial score (nSPS) is 11.5. The third-order valence-electron chi connectivity index (χ3n) is 3.79. The molecule has 98 valence electrons. The van der Waals surface area contributed by atoms with Crippen molar-refractivity contribution in [3.8, 4) is 11.3 Å². The van der Waals surface area contributed by atoms with Crippen LogP contribution in [0.1, 0.15) is 5.56 Å². The van der Waals surface area contributed by atoms with Crippen LogP contribution in [0.25, 0.3) is 30.7 Å². The molecule has 0 saturated carbocycles. The lowest BCUT2D eigenvalue weighted by molar-refractivity contribution is -0.659. The molecule has 0 bridgehead atoms. The monoisotopic (exact) mass is 296 g/mol. The maximum Gasteiger partial charge on any atom is 0.230 e. The van der Waals surface area contributed by atoms with Crippen LogP contribution >= 0.6 is 22.7 Å². The molecule has 1 nitrogen and oxygen atoms in total. The van der Waals surface area contributed by atoms with Gasteiger partial charge in [-0.3, -0.25) is 0 Å². The van der Waals surface area contributed by atoms with Crippen LogP contribution in [0.3, 0.4) is 0 Å². The molecular formula is C17H14NS2+. The molecule has 0 amide bonds. The van der Waals surface area contributed by atoms with Gasteiger partial charge in [-0.05, 0) is 30.0 Å². The minimum atomic E-state index is 1.33. The number of thiophene rings is 2. The fourth-order valence-electron chi connectivity index (χ4n) is 2.76. The van der Waals surface area contributed by atoms with E-state index in [-0.39, 0.29) is 0 Å². The van der Waals surface area contributed by atoms with Gasteiger partial charge in [0, 0.05) is 16.8 Å².